The number of rotatable bonds is 4. The largest absolute Gasteiger partial charge is 0.468 e. The molecule has 130 valence electrons. The fourth-order valence-electron chi connectivity index (χ4n) is 2.53. The lowest BCUT2D eigenvalue weighted by Gasteiger charge is -2.14. The fraction of sp³-hybridized carbons (Fsp3) is 0.278. The lowest BCUT2D eigenvalue weighted by Crippen LogP contribution is -2.23. The predicted molar refractivity (Wildman–Crippen MR) is 102 cm³/mol. The summed E-state index contributed by atoms with van der Waals surface area (Å²) in [7, 11) is 1.35. The number of thioether (sulfide) groups is 1. The van der Waals surface area contributed by atoms with Gasteiger partial charge in [0, 0.05) is 4.88 Å². The van der Waals surface area contributed by atoms with Crippen LogP contribution in [-0.2, 0) is 9.53 Å². The van der Waals surface area contributed by atoms with E-state index in [4.69, 9.17) is 4.74 Å². The maximum atomic E-state index is 13.2. The van der Waals surface area contributed by atoms with Crippen LogP contribution < -0.4 is 5.56 Å². The van der Waals surface area contributed by atoms with E-state index in [9.17, 15) is 9.59 Å². The molecule has 7 heteroatoms. The molecule has 0 bridgehead atoms. The van der Waals surface area contributed by atoms with Gasteiger partial charge in [-0.05, 0) is 38.5 Å². The topological polar surface area (TPSA) is 61.2 Å². The average Bonchev–Trinajstić information content (AvgIpc) is 2.89. The minimum Gasteiger partial charge on any atom is -0.468 e. The third-order valence-electron chi connectivity index (χ3n) is 4.00. The first-order chi connectivity index (χ1) is 11.9. The monoisotopic (exact) mass is 374 g/mol. The maximum absolute atomic E-state index is 13.2. The van der Waals surface area contributed by atoms with E-state index in [0.717, 1.165) is 16.1 Å². The zero-order chi connectivity index (χ0) is 18.1. The minimum atomic E-state index is -0.466. The molecule has 0 fully saturated rings. The van der Waals surface area contributed by atoms with Gasteiger partial charge in [0.1, 0.15) is 10.1 Å². The van der Waals surface area contributed by atoms with E-state index < -0.39 is 5.25 Å². The van der Waals surface area contributed by atoms with Gasteiger partial charge in [-0.1, -0.05) is 30.0 Å². The zero-order valence-electron chi connectivity index (χ0n) is 14.4. The number of para-hydroxylation sites is 1. The number of benzene rings is 1. The Kier molecular flexibility index (Phi) is 4.96. The number of fused-ring (bicyclic) bond motifs is 1. The van der Waals surface area contributed by atoms with Gasteiger partial charge in [-0.3, -0.25) is 14.2 Å². The standard InChI is InChI=1S/C18H18N2O3S2/c1-10-11(2)24-15-14(10)16(21)20(13-8-6-5-7-9-13)18(19-15)25-12(3)17(22)23-4/h5-9,12H,1-4H3/t12-/m0/s1. The maximum Gasteiger partial charge on any atom is 0.318 e. The first-order valence-electron chi connectivity index (χ1n) is 7.76. The Bertz CT molecular complexity index is 993. The molecule has 0 aliphatic carbocycles. The van der Waals surface area contributed by atoms with Crippen molar-refractivity contribution in [3.05, 3.63) is 51.1 Å². The molecule has 0 aliphatic rings. The van der Waals surface area contributed by atoms with Gasteiger partial charge in [0.2, 0.25) is 0 Å². The van der Waals surface area contributed by atoms with Crippen molar-refractivity contribution in [1.29, 1.82) is 0 Å². The molecule has 25 heavy (non-hydrogen) atoms. The quantitative estimate of drug-likeness (QED) is 0.396. The molecule has 5 nitrogen and oxygen atoms in total. The fourth-order valence-corrected chi connectivity index (χ4v) is 4.56. The van der Waals surface area contributed by atoms with E-state index in [1.54, 1.807) is 11.5 Å². The van der Waals surface area contributed by atoms with Crippen LogP contribution in [0.3, 0.4) is 0 Å². The van der Waals surface area contributed by atoms with Crippen LogP contribution in [0, 0.1) is 13.8 Å². The number of aromatic nitrogens is 2. The SMILES string of the molecule is COC(=O)[C@H](C)Sc1nc2sc(C)c(C)c2c(=O)n1-c1ccccc1. The van der Waals surface area contributed by atoms with Crippen molar-refractivity contribution in [2.45, 2.75) is 31.2 Å². The van der Waals surface area contributed by atoms with E-state index in [2.05, 4.69) is 4.98 Å². The number of ether oxygens (including phenoxy) is 1. The summed E-state index contributed by atoms with van der Waals surface area (Å²) in [6, 6.07) is 9.35. The molecule has 2 heterocycles. The van der Waals surface area contributed by atoms with Gasteiger partial charge in [-0.25, -0.2) is 4.98 Å². The van der Waals surface area contributed by atoms with Crippen LogP contribution in [0.1, 0.15) is 17.4 Å². The molecule has 3 aromatic rings. The highest BCUT2D eigenvalue weighted by molar-refractivity contribution is 8.00. The zero-order valence-corrected chi connectivity index (χ0v) is 16.0. The molecule has 0 radical (unpaired) electrons. The molecule has 0 spiro atoms. The molecule has 2 aromatic heterocycles. The van der Waals surface area contributed by atoms with Crippen LogP contribution >= 0.6 is 23.1 Å². The number of hydrogen-bond donors (Lipinski definition) is 0. The summed E-state index contributed by atoms with van der Waals surface area (Å²) >= 11 is 2.72. The van der Waals surface area contributed by atoms with Crippen molar-refractivity contribution in [2.75, 3.05) is 7.11 Å². The number of hydrogen-bond acceptors (Lipinski definition) is 6. The summed E-state index contributed by atoms with van der Waals surface area (Å²) in [5, 5.41) is 0.663. The molecule has 0 saturated carbocycles. The second-order valence-electron chi connectivity index (χ2n) is 5.62. The molecule has 0 amide bonds. The number of methoxy groups -OCH3 is 1. The van der Waals surface area contributed by atoms with Gasteiger partial charge in [-0.2, -0.15) is 0 Å². The van der Waals surface area contributed by atoms with Gasteiger partial charge in [0.15, 0.2) is 5.16 Å². The summed E-state index contributed by atoms with van der Waals surface area (Å²) in [5.74, 6) is -0.350. The number of esters is 1. The normalized spacial score (nSPS) is 12.3. The van der Waals surface area contributed by atoms with Crippen LogP contribution in [0.25, 0.3) is 15.9 Å². The Balaban J connectivity index is 2.27. The third kappa shape index (κ3) is 3.21. The van der Waals surface area contributed by atoms with Crippen molar-refractivity contribution < 1.29 is 9.53 Å². The molecular formula is C18H18N2O3S2. The van der Waals surface area contributed by atoms with E-state index in [1.165, 1.54) is 30.2 Å². The lowest BCUT2D eigenvalue weighted by molar-refractivity contribution is -0.139. The highest BCUT2D eigenvalue weighted by Crippen LogP contribution is 2.31. The number of carbonyl (C=O) groups excluding carboxylic acids is 1. The van der Waals surface area contributed by atoms with Crippen molar-refractivity contribution in [3.8, 4) is 5.69 Å². The molecule has 0 unspecified atom stereocenters. The smallest absolute Gasteiger partial charge is 0.318 e. The molecule has 0 N–H and O–H groups in total. The van der Waals surface area contributed by atoms with Crippen LogP contribution in [0.5, 0.6) is 0 Å². The Morgan fingerprint density at radius 2 is 1.96 bits per heavy atom. The molecule has 3 rings (SSSR count). The summed E-state index contributed by atoms with van der Waals surface area (Å²) in [6.45, 7) is 5.67. The first-order valence-corrected chi connectivity index (χ1v) is 9.46. The van der Waals surface area contributed by atoms with Crippen LogP contribution in [0.4, 0.5) is 0 Å². The number of nitrogens with zero attached hydrogens (tertiary/aromatic N) is 2. The second-order valence-corrected chi connectivity index (χ2v) is 8.13. The van der Waals surface area contributed by atoms with E-state index >= 15 is 0 Å². The Morgan fingerprint density at radius 3 is 2.60 bits per heavy atom. The van der Waals surface area contributed by atoms with Gasteiger partial charge in [0.25, 0.3) is 5.56 Å². The highest BCUT2D eigenvalue weighted by atomic mass is 32.2. The van der Waals surface area contributed by atoms with E-state index in [-0.39, 0.29) is 11.5 Å². The molecule has 0 aliphatic heterocycles. The summed E-state index contributed by atoms with van der Waals surface area (Å²) < 4.78 is 6.37. The number of thiophene rings is 1. The third-order valence-corrected chi connectivity index (χ3v) is 6.13. The summed E-state index contributed by atoms with van der Waals surface area (Å²) in [4.78, 5) is 31.5. The van der Waals surface area contributed by atoms with E-state index in [1.807, 2.05) is 44.2 Å². The van der Waals surface area contributed by atoms with Crippen molar-refractivity contribution in [3.63, 3.8) is 0 Å². The minimum absolute atomic E-state index is 0.113. The van der Waals surface area contributed by atoms with Crippen molar-refractivity contribution in [2.24, 2.45) is 0 Å². The van der Waals surface area contributed by atoms with Crippen molar-refractivity contribution >= 4 is 39.3 Å². The van der Waals surface area contributed by atoms with Gasteiger partial charge >= 0.3 is 5.97 Å². The Hall–Kier alpha value is -2.12. The van der Waals surface area contributed by atoms with Crippen molar-refractivity contribution in [1.82, 2.24) is 9.55 Å². The summed E-state index contributed by atoms with van der Waals surface area (Å²) in [6.07, 6.45) is 0. The average molecular weight is 374 g/mol. The van der Waals surface area contributed by atoms with Gasteiger partial charge in [0.05, 0.1) is 18.2 Å². The second kappa shape index (κ2) is 7.01. The molecule has 1 atom stereocenters. The van der Waals surface area contributed by atoms with Crippen LogP contribution in [0.2, 0.25) is 0 Å². The Morgan fingerprint density at radius 1 is 1.28 bits per heavy atom. The number of aryl methyl sites for hydroxylation is 2. The molecule has 1 aromatic carbocycles. The summed E-state index contributed by atoms with van der Waals surface area (Å²) in [5.41, 5.74) is 1.57. The molecular weight excluding hydrogens is 356 g/mol. The Labute approximate surface area is 153 Å². The first kappa shape index (κ1) is 17.7. The van der Waals surface area contributed by atoms with Gasteiger partial charge < -0.3 is 4.74 Å². The highest BCUT2D eigenvalue weighted by Gasteiger charge is 2.22. The van der Waals surface area contributed by atoms with Crippen LogP contribution in [0.15, 0.2) is 40.3 Å². The predicted octanol–water partition coefficient (Wildman–Crippen LogP) is 3.72. The molecule has 0 saturated heterocycles. The van der Waals surface area contributed by atoms with Crippen LogP contribution in [-0.4, -0.2) is 27.9 Å². The number of carbonyl (C=O) groups is 1. The van der Waals surface area contributed by atoms with E-state index in [0.29, 0.717) is 15.4 Å². The lowest BCUT2D eigenvalue weighted by atomic mass is 10.2. The van der Waals surface area contributed by atoms with Gasteiger partial charge in [-0.15, -0.1) is 11.3 Å².